The van der Waals surface area contributed by atoms with Gasteiger partial charge in [0.1, 0.15) is 0 Å². The average molecular weight is 254 g/mol. The standard InChI is InChI=1S/C17H22N2/c1-12(2)7-14-5-4-6-15(9-14)17(18)16-8-13(3)10-19-11-16/h4-6,8-12,17H,7,18H2,1-3H3. The third kappa shape index (κ3) is 3.65. The van der Waals surface area contributed by atoms with Crippen LogP contribution in [0.25, 0.3) is 0 Å². The number of nitrogens with two attached hydrogens (primary N) is 1. The molecule has 2 rings (SSSR count). The van der Waals surface area contributed by atoms with Crippen molar-refractivity contribution in [3.8, 4) is 0 Å². The molecule has 0 fully saturated rings. The van der Waals surface area contributed by atoms with Gasteiger partial charge < -0.3 is 5.73 Å². The predicted molar refractivity (Wildman–Crippen MR) is 80.0 cm³/mol. The van der Waals surface area contributed by atoms with Crippen LogP contribution >= 0.6 is 0 Å². The van der Waals surface area contributed by atoms with E-state index < -0.39 is 0 Å². The zero-order valence-electron chi connectivity index (χ0n) is 11.9. The highest BCUT2D eigenvalue weighted by Crippen LogP contribution is 2.21. The molecule has 2 nitrogen and oxygen atoms in total. The first-order chi connectivity index (χ1) is 9.06. The predicted octanol–water partition coefficient (Wildman–Crippen LogP) is 3.64. The largest absolute Gasteiger partial charge is 0.320 e. The summed E-state index contributed by atoms with van der Waals surface area (Å²) < 4.78 is 0. The number of benzene rings is 1. The molecule has 0 aliphatic carbocycles. The number of pyridine rings is 1. The van der Waals surface area contributed by atoms with Crippen LogP contribution in [0.4, 0.5) is 0 Å². The van der Waals surface area contributed by atoms with Gasteiger partial charge in [-0.3, -0.25) is 4.98 Å². The SMILES string of the molecule is Cc1cncc(C(N)c2cccc(CC(C)C)c2)c1. The molecule has 1 atom stereocenters. The van der Waals surface area contributed by atoms with Crippen molar-refractivity contribution in [1.29, 1.82) is 0 Å². The Labute approximate surface area is 115 Å². The molecule has 2 aromatic rings. The number of rotatable bonds is 4. The fraction of sp³-hybridized carbons (Fsp3) is 0.353. The van der Waals surface area contributed by atoms with Gasteiger partial charge in [-0.25, -0.2) is 0 Å². The Morgan fingerprint density at radius 2 is 1.89 bits per heavy atom. The van der Waals surface area contributed by atoms with Gasteiger partial charge in [0, 0.05) is 12.4 Å². The second-order valence-corrected chi connectivity index (χ2v) is 5.62. The molecule has 100 valence electrons. The molecule has 2 N–H and O–H groups in total. The normalized spacial score (nSPS) is 12.7. The van der Waals surface area contributed by atoms with Crippen LogP contribution < -0.4 is 5.73 Å². The van der Waals surface area contributed by atoms with Crippen molar-refractivity contribution in [3.63, 3.8) is 0 Å². The lowest BCUT2D eigenvalue weighted by atomic mass is 9.95. The lowest BCUT2D eigenvalue weighted by Crippen LogP contribution is -2.12. The summed E-state index contributed by atoms with van der Waals surface area (Å²) in [6.07, 6.45) is 4.80. The fourth-order valence-corrected chi connectivity index (χ4v) is 2.33. The van der Waals surface area contributed by atoms with E-state index in [0.717, 1.165) is 23.1 Å². The molecule has 0 amide bonds. The van der Waals surface area contributed by atoms with Gasteiger partial charge in [-0.2, -0.15) is 0 Å². The van der Waals surface area contributed by atoms with Crippen LogP contribution in [0.5, 0.6) is 0 Å². The minimum atomic E-state index is -0.0977. The first-order valence-corrected chi connectivity index (χ1v) is 6.82. The monoisotopic (exact) mass is 254 g/mol. The Morgan fingerprint density at radius 3 is 2.58 bits per heavy atom. The first kappa shape index (κ1) is 13.8. The minimum Gasteiger partial charge on any atom is -0.320 e. The Balaban J connectivity index is 2.26. The highest BCUT2D eigenvalue weighted by atomic mass is 14.7. The van der Waals surface area contributed by atoms with Crippen LogP contribution in [0.2, 0.25) is 0 Å². The zero-order chi connectivity index (χ0) is 13.8. The summed E-state index contributed by atoms with van der Waals surface area (Å²) in [5.41, 5.74) is 11.1. The summed E-state index contributed by atoms with van der Waals surface area (Å²) >= 11 is 0. The van der Waals surface area contributed by atoms with E-state index in [0.29, 0.717) is 5.92 Å². The number of aryl methyl sites for hydroxylation is 1. The maximum absolute atomic E-state index is 6.34. The Bertz CT molecular complexity index is 546. The van der Waals surface area contributed by atoms with E-state index in [1.807, 2.05) is 19.3 Å². The van der Waals surface area contributed by atoms with E-state index in [2.05, 4.69) is 49.2 Å². The molecular formula is C17H22N2. The Morgan fingerprint density at radius 1 is 1.11 bits per heavy atom. The third-order valence-electron chi connectivity index (χ3n) is 3.21. The summed E-state index contributed by atoms with van der Waals surface area (Å²) in [4.78, 5) is 4.22. The second-order valence-electron chi connectivity index (χ2n) is 5.62. The second kappa shape index (κ2) is 5.98. The maximum atomic E-state index is 6.34. The van der Waals surface area contributed by atoms with Crippen molar-refractivity contribution in [2.75, 3.05) is 0 Å². The highest BCUT2D eigenvalue weighted by Gasteiger charge is 2.10. The van der Waals surface area contributed by atoms with Gasteiger partial charge in [0.15, 0.2) is 0 Å². The fourth-order valence-electron chi connectivity index (χ4n) is 2.33. The van der Waals surface area contributed by atoms with Gasteiger partial charge in [-0.05, 0) is 41.5 Å². The van der Waals surface area contributed by atoms with Gasteiger partial charge >= 0.3 is 0 Å². The summed E-state index contributed by atoms with van der Waals surface area (Å²) in [5, 5.41) is 0. The number of hydrogen-bond donors (Lipinski definition) is 1. The Hall–Kier alpha value is -1.67. The van der Waals surface area contributed by atoms with Crippen molar-refractivity contribution in [2.24, 2.45) is 11.7 Å². The van der Waals surface area contributed by atoms with Gasteiger partial charge in [0.25, 0.3) is 0 Å². The molecule has 1 heterocycles. The van der Waals surface area contributed by atoms with Crippen molar-refractivity contribution >= 4 is 0 Å². The van der Waals surface area contributed by atoms with Crippen LogP contribution in [-0.2, 0) is 6.42 Å². The van der Waals surface area contributed by atoms with E-state index in [1.165, 1.54) is 5.56 Å². The van der Waals surface area contributed by atoms with Crippen molar-refractivity contribution < 1.29 is 0 Å². The molecule has 1 aromatic heterocycles. The average Bonchev–Trinajstić information content (AvgIpc) is 2.37. The van der Waals surface area contributed by atoms with E-state index in [-0.39, 0.29) is 6.04 Å². The van der Waals surface area contributed by atoms with E-state index >= 15 is 0 Å². The van der Waals surface area contributed by atoms with Crippen molar-refractivity contribution in [2.45, 2.75) is 33.2 Å². The van der Waals surface area contributed by atoms with Crippen molar-refractivity contribution in [3.05, 3.63) is 65.0 Å². The third-order valence-corrected chi connectivity index (χ3v) is 3.21. The van der Waals surface area contributed by atoms with Crippen molar-refractivity contribution in [1.82, 2.24) is 4.98 Å². The molecular weight excluding hydrogens is 232 g/mol. The van der Waals surface area contributed by atoms with Crippen LogP contribution in [0.15, 0.2) is 42.7 Å². The van der Waals surface area contributed by atoms with Crippen LogP contribution in [0.1, 0.15) is 42.1 Å². The molecule has 0 bridgehead atoms. The van der Waals surface area contributed by atoms with Gasteiger partial charge in [0.05, 0.1) is 6.04 Å². The summed E-state index contributed by atoms with van der Waals surface area (Å²) in [7, 11) is 0. The van der Waals surface area contributed by atoms with E-state index in [1.54, 1.807) is 0 Å². The number of nitrogens with zero attached hydrogens (tertiary/aromatic N) is 1. The summed E-state index contributed by atoms with van der Waals surface area (Å²) in [5.74, 6) is 0.659. The topological polar surface area (TPSA) is 38.9 Å². The molecule has 1 aromatic carbocycles. The molecule has 0 spiro atoms. The summed E-state index contributed by atoms with van der Waals surface area (Å²) in [6, 6.07) is 10.6. The van der Waals surface area contributed by atoms with E-state index in [9.17, 15) is 0 Å². The lowest BCUT2D eigenvalue weighted by Gasteiger charge is -2.14. The molecule has 1 unspecified atom stereocenters. The molecule has 0 aliphatic rings. The summed E-state index contributed by atoms with van der Waals surface area (Å²) in [6.45, 7) is 6.51. The number of hydrogen-bond acceptors (Lipinski definition) is 2. The lowest BCUT2D eigenvalue weighted by molar-refractivity contribution is 0.646. The molecule has 0 radical (unpaired) electrons. The Kier molecular flexibility index (Phi) is 4.33. The van der Waals surface area contributed by atoms with E-state index in [4.69, 9.17) is 5.73 Å². The zero-order valence-corrected chi connectivity index (χ0v) is 11.9. The molecule has 19 heavy (non-hydrogen) atoms. The maximum Gasteiger partial charge on any atom is 0.0567 e. The van der Waals surface area contributed by atoms with Gasteiger partial charge in [-0.15, -0.1) is 0 Å². The smallest absolute Gasteiger partial charge is 0.0567 e. The van der Waals surface area contributed by atoms with Crippen LogP contribution in [0, 0.1) is 12.8 Å². The number of aromatic nitrogens is 1. The molecule has 2 heteroatoms. The van der Waals surface area contributed by atoms with Gasteiger partial charge in [0.2, 0.25) is 0 Å². The van der Waals surface area contributed by atoms with Crippen LogP contribution in [-0.4, -0.2) is 4.98 Å². The molecule has 0 saturated carbocycles. The quantitative estimate of drug-likeness (QED) is 0.904. The van der Waals surface area contributed by atoms with Crippen LogP contribution in [0.3, 0.4) is 0 Å². The van der Waals surface area contributed by atoms with Gasteiger partial charge in [-0.1, -0.05) is 44.2 Å². The minimum absolute atomic E-state index is 0.0977. The molecule has 0 aliphatic heterocycles. The molecule has 0 saturated heterocycles. The first-order valence-electron chi connectivity index (χ1n) is 6.82. The highest BCUT2D eigenvalue weighted by molar-refractivity contribution is 5.34.